The molecule has 0 aliphatic rings. The van der Waals surface area contributed by atoms with Crippen molar-refractivity contribution in [1.29, 1.82) is 0 Å². The minimum Gasteiger partial charge on any atom is -0.355 e. The van der Waals surface area contributed by atoms with Crippen LogP contribution in [0, 0.1) is 5.92 Å². The van der Waals surface area contributed by atoms with Gasteiger partial charge >= 0.3 is 0 Å². The Bertz CT molecular complexity index is 479. The van der Waals surface area contributed by atoms with Gasteiger partial charge in [-0.15, -0.1) is 11.3 Å². The highest BCUT2D eigenvalue weighted by molar-refractivity contribution is 7.91. The third-order valence-electron chi connectivity index (χ3n) is 2.83. The molecule has 1 heterocycles. The number of rotatable bonds is 8. The van der Waals surface area contributed by atoms with Crippen LogP contribution in [0.2, 0.25) is 0 Å². The fourth-order valence-electron chi connectivity index (χ4n) is 1.66. The second-order valence-corrected chi connectivity index (χ2v) is 7.08. The lowest BCUT2D eigenvalue weighted by Crippen LogP contribution is -2.37. The second kappa shape index (κ2) is 7.62. The normalized spacial score (nSPS) is 11.7. The van der Waals surface area contributed by atoms with Crippen molar-refractivity contribution in [2.45, 2.75) is 30.9 Å². The van der Waals surface area contributed by atoms with Crippen molar-refractivity contribution in [3.05, 3.63) is 17.5 Å². The molecular weight excluding hydrogens is 284 g/mol. The Labute approximate surface area is 118 Å². The highest BCUT2D eigenvalue weighted by Gasteiger charge is 2.15. The minimum absolute atomic E-state index is 0.00824. The summed E-state index contributed by atoms with van der Waals surface area (Å²) in [5.74, 6) is -0.00535. The summed E-state index contributed by atoms with van der Waals surface area (Å²) in [4.78, 5) is 11.7. The monoisotopic (exact) mass is 304 g/mol. The SMILES string of the molecule is CCC(CC)C(=O)NCCNS(=O)(=O)c1cccs1. The van der Waals surface area contributed by atoms with Gasteiger partial charge in [-0.25, -0.2) is 13.1 Å². The van der Waals surface area contributed by atoms with Crippen LogP contribution in [0.3, 0.4) is 0 Å². The number of hydrogen-bond acceptors (Lipinski definition) is 4. The van der Waals surface area contributed by atoms with E-state index in [2.05, 4.69) is 10.0 Å². The van der Waals surface area contributed by atoms with Crippen molar-refractivity contribution in [3.8, 4) is 0 Å². The first-order chi connectivity index (χ1) is 9.01. The lowest BCUT2D eigenvalue weighted by molar-refractivity contribution is -0.125. The van der Waals surface area contributed by atoms with Crippen LogP contribution >= 0.6 is 11.3 Å². The molecule has 7 heteroatoms. The van der Waals surface area contributed by atoms with Crippen molar-refractivity contribution in [2.75, 3.05) is 13.1 Å². The first kappa shape index (κ1) is 16.1. The molecule has 0 saturated carbocycles. The van der Waals surface area contributed by atoms with Crippen LogP contribution in [0.15, 0.2) is 21.7 Å². The predicted molar refractivity (Wildman–Crippen MR) is 76.6 cm³/mol. The van der Waals surface area contributed by atoms with Gasteiger partial charge in [0.2, 0.25) is 15.9 Å². The second-order valence-electron chi connectivity index (χ2n) is 4.13. The van der Waals surface area contributed by atoms with E-state index in [4.69, 9.17) is 0 Å². The van der Waals surface area contributed by atoms with E-state index in [0.717, 1.165) is 12.8 Å². The van der Waals surface area contributed by atoms with Crippen molar-refractivity contribution in [1.82, 2.24) is 10.0 Å². The fraction of sp³-hybridized carbons (Fsp3) is 0.583. The van der Waals surface area contributed by atoms with Gasteiger partial charge in [0, 0.05) is 19.0 Å². The molecule has 0 atom stereocenters. The number of hydrogen-bond donors (Lipinski definition) is 2. The lowest BCUT2D eigenvalue weighted by Gasteiger charge is -2.12. The van der Waals surface area contributed by atoms with Gasteiger partial charge in [-0.1, -0.05) is 19.9 Å². The number of sulfonamides is 1. The summed E-state index contributed by atoms with van der Waals surface area (Å²) in [6, 6.07) is 3.24. The number of nitrogens with one attached hydrogen (secondary N) is 2. The molecule has 0 aromatic carbocycles. The number of thiophene rings is 1. The van der Waals surface area contributed by atoms with Gasteiger partial charge in [-0.05, 0) is 24.3 Å². The topological polar surface area (TPSA) is 75.3 Å². The van der Waals surface area contributed by atoms with Crippen LogP contribution in [-0.2, 0) is 14.8 Å². The lowest BCUT2D eigenvalue weighted by atomic mass is 10.0. The van der Waals surface area contributed by atoms with Crippen molar-refractivity contribution < 1.29 is 13.2 Å². The third kappa shape index (κ3) is 4.93. The summed E-state index contributed by atoms with van der Waals surface area (Å²) >= 11 is 1.17. The Morgan fingerprint density at radius 1 is 1.32 bits per heavy atom. The van der Waals surface area contributed by atoms with Crippen molar-refractivity contribution in [3.63, 3.8) is 0 Å². The molecule has 1 aromatic rings. The first-order valence-corrected chi connectivity index (χ1v) is 8.68. The number of carbonyl (C=O) groups is 1. The van der Waals surface area contributed by atoms with Crippen LogP contribution in [0.4, 0.5) is 0 Å². The summed E-state index contributed by atoms with van der Waals surface area (Å²) in [5, 5.41) is 4.45. The molecule has 19 heavy (non-hydrogen) atoms. The smallest absolute Gasteiger partial charge is 0.250 e. The Morgan fingerprint density at radius 2 is 2.00 bits per heavy atom. The molecule has 0 aliphatic carbocycles. The average Bonchev–Trinajstić information content (AvgIpc) is 2.91. The molecule has 0 unspecified atom stereocenters. The summed E-state index contributed by atoms with van der Waals surface area (Å²) in [7, 11) is -3.43. The first-order valence-electron chi connectivity index (χ1n) is 6.32. The van der Waals surface area contributed by atoms with Crippen molar-refractivity contribution >= 4 is 27.3 Å². The van der Waals surface area contributed by atoms with E-state index in [1.54, 1.807) is 17.5 Å². The highest BCUT2D eigenvalue weighted by atomic mass is 32.2. The molecule has 0 radical (unpaired) electrons. The molecular formula is C12H20N2O3S2. The maximum absolute atomic E-state index is 11.8. The van der Waals surface area contributed by atoms with E-state index in [1.807, 2.05) is 13.8 Å². The molecule has 2 N–H and O–H groups in total. The van der Waals surface area contributed by atoms with Crippen LogP contribution in [0.5, 0.6) is 0 Å². The van der Waals surface area contributed by atoms with E-state index in [9.17, 15) is 13.2 Å². The fourth-order valence-corrected chi connectivity index (χ4v) is 3.73. The summed E-state index contributed by atoms with van der Waals surface area (Å²) in [5.41, 5.74) is 0. The predicted octanol–water partition coefficient (Wildman–Crippen LogP) is 1.58. The Morgan fingerprint density at radius 3 is 2.53 bits per heavy atom. The van der Waals surface area contributed by atoms with E-state index in [0.29, 0.717) is 10.8 Å². The zero-order chi connectivity index (χ0) is 14.3. The molecule has 0 saturated heterocycles. The Kier molecular flexibility index (Phi) is 6.47. The van der Waals surface area contributed by atoms with Gasteiger partial charge in [0.15, 0.2) is 0 Å². The van der Waals surface area contributed by atoms with Gasteiger partial charge in [0.05, 0.1) is 0 Å². The molecule has 108 valence electrons. The van der Waals surface area contributed by atoms with Crippen LogP contribution in [0.1, 0.15) is 26.7 Å². The van der Waals surface area contributed by atoms with Crippen LogP contribution < -0.4 is 10.0 Å². The Balaban J connectivity index is 2.34. The standard InChI is InChI=1S/C12H20N2O3S2/c1-3-10(4-2)12(15)13-7-8-14-19(16,17)11-6-5-9-18-11/h5-6,9-10,14H,3-4,7-8H2,1-2H3,(H,13,15). The van der Waals surface area contributed by atoms with Gasteiger partial charge < -0.3 is 5.32 Å². The minimum atomic E-state index is -3.43. The van der Waals surface area contributed by atoms with Gasteiger partial charge in [-0.2, -0.15) is 0 Å². The number of amides is 1. The zero-order valence-electron chi connectivity index (χ0n) is 11.2. The van der Waals surface area contributed by atoms with Gasteiger partial charge in [-0.3, -0.25) is 4.79 Å². The van der Waals surface area contributed by atoms with Crippen LogP contribution in [-0.4, -0.2) is 27.4 Å². The third-order valence-corrected chi connectivity index (χ3v) is 5.69. The zero-order valence-corrected chi connectivity index (χ0v) is 12.8. The van der Waals surface area contributed by atoms with E-state index in [-0.39, 0.29) is 18.4 Å². The Hall–Kier alpha value is -0.920. The summed E-state index contributed by atoms with van der Waals surface area (Å²) in [6.07, 6.45) is 1.59. The molecule has 1 rings (SSSR count). The molecule has 0 aliphatic heterocycles. The molecule has 0 spiro atoms. The quantitative estimate of drug-likeness (QED) is 0.716. The van der Waals surface area contributed by atoms with E-state index in [1.165, 1.54) is 11.3 Å². The van der Waals surface area contributed by atoms with Gasteiger partial charge in [0.1, 0.15) is 4.21 Å². The maximum Gasteiger partial charge on any atom is 0.250 e. The maximum atomic E-state index is 11.8. The molecule has 1 amide bonds. The largest absolute Gasteiger partial charge is 0.355 e. The summed E-state index contributed by atoms with van der Waals surface area (Å²) in [6.45, 7) is 4.44. The molecule has 5 nitrogen and oxygen atoms in total. The van der Waals surface area contributed by atoms with Gasteiger partial charge in [0.25, 0.3) is 0 Å². The molecule has 0 bridgehead atoms. The van der Waals surface area contributed by atoms with E-state index >= 15 is 0 Å². The molecule has 1 aromatic heterocycles. The number of carbonyl (C=O) groups excluding carboxylic acids is 1. The molecule has 0 fully saturated rings. The summed E-state index contributed by atoms with van der Waals surface area (Å²) < 4.78 is 26.3. The van der Waals surface area contributed by atoms with E-state index < -0.39 is 10.0 Å². The van der Waals surface area contributed by atoms with Crippen LogP contribution in [0.25, 0.3) is 0 Å². The highest BCUT2D eigenvalue weighted by Crippen LogP contribution is 2.14. The average molecular weight is 304 g/mol. The van der Waals surface area contributed by atoms with Crippen molar-refractivity contribution in [2.24, 2.45) is 5.92 Å².